The molecular weight excluding hydrogens is 432 g/mol. The first-order chi connectivity index (χ1) is 15.4. The Balaban J connectivity index is 1.72. The predicted molar refractivity (Wildman–Crippen MR) is 120 cm³/mol. The van der Waals surface area contributed by atoms with E-state index in [0.717, 1.165) is 0 Å². The first-order valence-corrected chi connectivity index (χ1v) is 9.78. The van der Waals surface area contributed by atoms with Crippen LogP contribution in [-0.2, 0) is 9.59 Å². The first-order valence-electron chi connectivity index (χ1n) is 9.37. The summed E-state index contributed by atoms with van der Waals surface area (Å²) in [6, 6.07) is 16.3. The zero-order valence-corrected chi connectivity index (χ0v) is 17.5. The number of amides is 2. The van der Waals surface area contributed by atoms with Gasteiger partial charge in [0.05, 0.1) is 18.4 Å². The molecule has 2 aromatic carbocycles. The molecule has 0 spiro atoms. The summed E-state index contributed by atoms with van der Waals surface area (Å²) in [5, 5.41) is 11.8. The lowest BCUT2D eigenvalue weighted by Crippen LogP contribution is -2.54. The molecule has 0 bridgehead atoms. The number of nitrogens with one attached hydrogen (secondary N) is 1. The van der Waals surface area contributed by atoms with Crippen LogP contribution in [0.2, 0.25) is 0 Å². The maximum absolute atomic E-state index is 13.2. The second-order valence-corrected chi connectivity index (χ2v) is 7.07. The third-order valence-corrected chi connectivity index (χ3v) is 5.05. The lowest BCUT2D eigenvalue weighted by Gasteiger charge is -2.29. The number of benzene rings is 2. The van der Waals surface area contributed by atoms with E-state index in [1.165, 1.54) is 24.2 Å². The average Bonchev–Trinajstić information content (AvgIpc) is 3.25. The highest BCUT2D eigenvalue weighted by atomic mass is 32.1. The minimum Gasteiger partial charge on any atom is -0.495 e. The number of rotatable bonds is 5. The number of para-hydroxylation sites is 2. The highest BCUT2D eigenvalue weighted by Crippen LogP contribution is 2.31. The Kier molecular flexibility index (Phi) is 5.57. The molecule has 2 N–H and O–H groups in total. The number of thiocarbonyl (C=S) groups is 1. The van der Waals surface area contributed by atoms with Crippen LogP contribution in [0.4, 0.5) is 5.69 Å². The van der Waals surface area contributed by atoms with Crippen LogP contribution in [0, 0.1) is 0 Å². The summed E-state index contributed by atoms with van der Waals surface area (Å²) >= 11 is 5.21. The zero-order chi connectivity index (χ0) is 22.8. The molecule has 3 aromatic rings. The number of ether oxygens (including phenoxy) is 1. The predicted octanol–water partition coefficient (Wildman–Crippen LogP) is 3.48. The third kappa shape index (κ3) is 3.77. The minimum atomic E-state index is -1.10. The Morgan fingerprint density at radius 3 is 2.56 bits per heavy atom. The van der Waals surface area contributed by atoms with E-state index in [9.17, 15) is 19.5 Å². The van der Waals surface area contributed by atoms with Gasteiger partial charge in [-0.15, -0.1) is 0 Å². The molecule has 0 atom stereocenters. The molecule has 1 fully saturated rings. The molecule has 32 heavy (non-hydrogen) atoms. The summed E-state index contributed by atoms with van der Waals surface area (Å²) in [6.07, 6.45) is 1.29. The molecule has 0 aliphatic carbocycles. The van der Waals surface area contributed by atoms with Crippen molar-refractivity contribution in [2.24, 2.45) is 0 Å². The largest absolute Gasteiger partial charge is 0.495 e. The number of carboxylic acid groups (broad SMARTS) is 1. The first kappa shape index (κ1) is 21.0. The Hall–Kier alpha value is -4.24. The molecule has 4 rings (SSSR count). The van der Waals surface area contributed by atoms with Crippen molar-refractivity contribution in [3.8, 4) is 17.1 Å². The summed E-state index contributed by atoms with van der Waals surface area (Å²) in [7, 11) is 1.46. The van der Waals surface area contributed by atoms with Gasteiger partial charge in [0.25, 0.3) is 11.8 Å². The fourth-order valence-electron chi connectivity index (χ4n) is 3.29. The highest BCUT2D eigenvalue weighted by Gasteiger charge is 2.36. The van der Waals surface area contributed by atoms with Crippen LogP contribution < -0.4 is 15.0 Å². The summed E-state index contributed by atoms with van der Waals surface area (Å²) < 4.78 is 11.0. The van der Waals surface area contributed by atoms with Gasteiger partial charge < -0.3 is 14.3 Å². The molecule has 1 aliphatic rings. The van der Waals surface area contributed by atoms with Gasteiger partial charge in [0.1, 0.15) is 22.8 Å². The van der Waals surface area contributed by atoms with Crippen molar-refractivity contribution in [1.29, 1.82) is 0 Å². The standard InChI is InChI=1S/C23H16N2O6S/c1-30-19-9-5-4-8-17(19)25-21(27)16(20(26)24-23(25)32)12-13-10-11-18(31-13)14-6-2-3-7-15(14)22(28)29/h2-12H,1H3,(H,28,29)(H,24,26,32)/b16-12+. The Bertz CT molecular complexity index is 1290. The topological polar surface area (TPSA) is 109 Å². The number of hydrogen-bond donors (Lipinski definition) is 2. The molecule has 0 radical (unpaired) electrons. The SMILES string of the molecule is COc1ccccc1N1C(=O)/C(=C/c2ccc(-c3ccccc3C(=O)O)o2)C(=O)NC1=S. The maximum Gasteiger partial charge on any atom is 0.336 e. The summed E-state index contributed by atoms with van der Waals surface area (Å²) in [6.45, 7) is 0. The Morgan fingerprint density at radius 2 is 1.81 bits per heavy atom. The zero-order valence-electron chi connectivity index (χ0n) is 16.7. The van der Waals surface area contributed by atoms with Crippen molar-refractivity contribution < 1.29 is 28.6 Å². The number of carbonyl (C=O) groups excluding carboxylic acids is 2. The molecule has 2 amide bonds. The molecule has 1 aliphatic heterocycles. The maximum atomic E-state index is 13.2. The van der Waals surface area contributed by atoms with Crippen LogP contribution in [0.5, 0.6) is 5.75 Å². The van der Waals surface area contributed by atoms with Gasteiger partial charge >= 0.3 is 5.97 Å². The molecule has 8 nitrogen and oxygen atoms in total. The van der Waals surface area contributed by atoms with Crippen LogP contribution in [0.1, 0.15) is 16.1 Å². The number of carbonyl (C=O) groups is 3. The third-order valence-electron chi connectivity index (χ3n) is 4.76. The molecule has 1 saturated heterocycles. The molecule has 0 saturated carbocycles. The van der Waals surface area contributed by atoms with Gasteiger partial charge in [0.2, 0.25) is 0 Å². The fraction of sp³-hybridized carbons (Fsp3) is 0.0435. The number of hydrogen-bond acceptors (Lipinski definition) is 6. The molecule has 1 aromatic heterocycles. The number of methoxy groups -OCH3 is 1. The van der Waals surface area contributed by atoms with Crippen LogP contribution in [0.15, 0.2) is 70.7 Å². The molecule has 0 unspecified atom stereocenters. The number of nitrogens with zero attached hydrogens (tertiary/aromatic N) is 1. The van der Waals surface area contributed by atoms with E-state index in [1.54, 1.807) is 54.6 Å². The Labute approximate surface area is 187 Å². The van der Waals surface area contributed by atoms with Gasteiger partial charge in [0, 0.05) is 5.56 Å². The summed E-state index contributed by atoms with van der Waals surface area (Å²) in [5.41, 5.74) is 0.629. The van der Waals surface area contributed by atoms with Gasteiger partial charge in [-0.1, -0.05) is 30.3 Å². The molecular formula is C23H16N2O6S. The minimum absolute atomic E-state index is 0.0697. The Morgan fingerprint density at radius 1 is 1.09 bits per heavy atom. The number of furan rings is 1. The van der Waals surface area contributed by atoms with Crippen LogP contribution in [0.3, 0.4) is 0 Å². The van der Waals surface area contributed by atoms with Gasteiger partial charge in [-0.3, -0.25) is 14.9 Å². The second kappa shape index (κ2) is 8.48. The lowest BCUT2D eigenvalue weighted by molar-refractivity contribution is -0.122. The summed E-state index contributed by atoms with van der Waals surface area (Å²) in [4.78, 5) is 38.3. The van der Waals surface area contributed by atoms with E-state index in [2.05, 4.69) is 5.32 Å². The average molecular weight is 448 g/mol. The highest BCUT2D eigenvalue weighted by molar-refractivity contribution is 7.80. The monoisotopic (exact) mass is 448 g/mol. The van der Waals surface area contributed by atoms with E-state index in [-0.39, 0.29) is 27.8 Å². The van der Waals surface area contributed by atoms with E-state index in [0.29, 0.717) is 17.0 Å². The normalized spacial score (nSPS) is 15.1. The van der Waals surface area contributed by atoms with Crippen LogP contribution in [0.25, 0.3) is 17.4 Å². The van der Waals surface area contributed by atoms with Gasteiger partial charge in [-0.25, -0.2) is 9.69 Å². The van der Waals surface area contributed by atoms with Crippen molar-refractivity contribution in [2.75, 3.05) is 12.0 Å². The van der Waals surface area contributed by atoms with E-state index in [1.807, 2.05) is 0 Å². The second-order valence-electron chi connectivity index (χ2n) is 6.68. The number of anilines is 1. The fourth-order valence-corrected chi connectivity index (χ4v) is 3.57. The van der Waals surface area contributed by atoms with Crippen molar-refractivity contribution in [2.45, 2.75) is 0 Å². The van der Waals surface area contributed by atoms with Gasteiger partial charge in [0.15, 0.2) is 5.11 Å². The molecule has 160 valence electrons. The van der Waals surface area contributed by atoms with Gasteiger partial charge in [-0.05, 0) is 48.6 Å². The summed E-state index contributed by atoms with van der Waals surface area (Å²) in [5.74, 6) is -1.52. The van der Waals surface area contributed by atoms with E-state index < -0.39 is 17.8 Å². The number of carboxylic acids is 1. The number of aromatic carboxylic acids is 1. The van der Waals surface area contributed by atoms with Crippen LogP contribution in [-0.4, -0.2) is 35.1 Å². The molecule has 2 heterocycles. The van der Waals surface area contributed by atoms with E-state index in [4.69, 9.17) is 21.4 Å². The van der Waals surface area contributed by atoms with Crippen LogP contribution >= 0.6 is 12.2 Å². The molecule has 9 heteroatoms. The van der Waals surface area contributed by atoms with E-state index >= 15 is 0 Å². The van der Waals surface area contributed by atoms with Gasteiger partial charge in [-0.2, -0.15) is 0 Å². The van der Waals surface area contributed by atoms with Crippen molar-refractivity contribution in [1.82, 2.24) is 5.32 Å². The van der Waals surface area contributed by atoms with Crippen molar-refractivity contribution >= 4 is 46.9 Å². The quantitative estimate of drug-likeness (QED) is 0.349. The smallest absolute Gasteiger partial charge is 0.336 e. The van der Waals surface area contributed by atoms with Crippen molar-refractivity contribution in [3.05, 3.63) is 77.6 Å². The lowest BCUT2D eigenvalue weighted by atomic mass is 10.1. The van der Waals surface area contributed by atoms with Crippen molar-refractivity contribution in [3.63, 3.8) is 0 Å².